The maximum absolute atomic E-state index is 5.64. The second kappa shape index (κ2) is 7.06. The number of rotatable bonds is 6. The largest absolute Gasteiger partial charge is 0.496 e. The first-order valence-corrected chi connectivity index (χ1v) is 7.78. The lowest BCUT2D eigenvalue weighted by Crippen LogP contribution is -2.05. The summed E-state index contributed by atoms with van der Waals surface area (Å²) in [6.45, 7) is 0.620. The van der Waals surface area contributed by atoms with E-state index in [0.717, 1.165) is 28.7 Å². The van der Waals surface area contributed by atoms with E-state index in [4.69, 9.17) is 15.2 Å². The lowest BCUT2D eigenvalue weighted by atomic mass is 10.1. The fourth-order valence-electron chi connectivity index (χ4n) is 2.56. The van der Waals surface area contributed by atoms with Crippen LogP contribution in [0.2, 0.25) is 0 Å². The van der Waals surface area contributed by atoms with Crippen molar-refractivity contribution in [3.05, 3.63) is 17.7 Å². The minimum absolute atomic E-state index is 0.620. The van der Waals surface area contributed by atoms with E-state index in [0.29, 0.717) is 6.54 Å². The van der Waals surface area contributed by atoms with Crippen molar-refractivity contribution < 1.29 is 9.47 Å². The quantitative estimate of drug-likeness (QED) is 0.869. The monoisotopic (exact) mass is 281 g/mol. The van der Waals surface area contributed by atoms with Crippen LogP contribution in [0, 0.1) is 0 Å². The molecule has 0 radical (unpaired) electrons. The zero-order valence-corrected chi connectivity index (χ0v) is 12.6. The molecule has 1 aromatic rings. The van der Waals surface area contributed by atoms with Crippen LogP contribution >= 0.6 is 11.8 Å². The molecular formula is C15H23NO2S. The van der Waals surface area contributed by atoms with Crippen LogP contribution in [0.25, 0.3) is 0 Å². The third-order valence-electron chi connectivity index (χ3n) is 3.58. The van der Waals surface area contributed by atoms with Gasteiger partial charge in [-0.25, -0.2) is 0 Å². The van der Waals surface area contributed by atoms with Crippen molar-refractivity contribution in [1.82, 2.24) is 0 Å². The van der Waals surface area contributed by atoms with E-state index in [1.54, 1.807) is 14.2 Å². The van der Waals surface area contributed by atoms with Crippen LogP contribution in [0.15, 0.2) is 17.0 Å². The number of hydrogen-bond acceptors (Lipinski definition) is 4. The van der Waals surface area contributed by atoms with Gasteiger partial charge in [0, 0.05) is 5.25 Å². The molecule has 1 saturated carbocycles. The molecule has 3 nitrogen and oxygen atoms in total. The Hall–Kier alpha value is -0.870. The van der Waals surface area contributed by atoms with E-state index in [9.17, 15) is 0 Å². The van der Waals surface area contributed by atoms with Crippen LogP contribution in [0.1, 0.15) is 31.2 Å². The van der Waals surface area contributed by atoms with Gasteiger partial charge in [-0.2, -0.15) is 0 Å². The van der Waals surface area contributed by atoms with Crippen molar-refractivity contribution in [2.75, 3.05) is 20.8 Å². The molecule has 0 aliphatic heterocycles. The van der Waals surface area contributed by atoms with Gasteiger partial charge in [0.25, 0.3) is 0 Å². The Morgan fingerprint density at radius 1 is 1.16 bits per heavy atom. The van der Waals surface area contributed by atoms with E-state index >= 15 is 0 Å². The molecule has 1 fully saturated rings. The number of hydrogen-bond donors (Lipinski definition) is 1. The molecule has 0 aromatic heterocycles. The Labute approximate surface area is 119 Å². The average molecular weight is 281 g/mol. The maximum atomic E-state index is 5.64. The summed E-state index contributed by atoms with van der Waals surface area (Å²) in [5, 5.41) is 0.721. The zero-order valence-electron chi connectivity index (χ0n) is 11.8. The van der Waals surface area contributed by atoms with Gasteiger partial charge in [0.05, 0.1) is 19.1 Å². The van der Waals surface area contributed by atoms with Crippen molar-refractivity contribution in [1.29, 1.82) is 0 Å². The minimum atomic E-state index is 0.620. The standard InChI is InChI=1S/C15H23NO2S/c1-17-13-10-15(19-12-5-3-4-6-12)14(18-2)9-11(13)7-8-16/h9-10,12H,3-8,16H2,1-2H3. The van der Waals surface area contributed by atoms with E-state index in [1.807, 2.05) is 11.8 Å². The Morgan fingerprint density at radius 2 is 1.84 bits per heavy atom. The highest BCUT2D eigenvalue weighted by atomic mass is 32.2. The van der Waals surface area contributed by atoms with Crippen LogP contribution in [0.3, 0.4) is 0 Å². The van der Waals surface area contributed by atoms with E-state index in [1.165, 1.54) is 30.6 Å². The number of benzene rings is 1. The molecule has 1 aromatic carbocycles. The molecule has 0 spiro atoms. The smallest absolute Gasteiger partial charge is 0.132 e. The summed E-state index contributed by atoms with van der Waals surface area (Å²) in [6, 6.07) is 4.18. The molecule has 2 rings (SSSR count). The molecule has 0 heterocycles. The fourth-order valence-corrected chi connectivity index (χ4v) is 3.92. The molecule has 0 saturated heterocycles. The van der Waals surface area contributed by atoms with Gasteiger partial charge >= 0.3 is 0 Å². The van der Waals surface area contributed by atoms with Gasteiger partial charge in [-0.1, -0.05) is 12.8 Å². The van der Waals surface area contributed by atoms with E-state index in [-0.39, 0.29) is 0 Å². The van der Waals surface area contributed by atoms with Crippen molar-refractivity contribution in [3.63, 3.8) is 0 Å². The van der Waals surface area contributed by atoms with Gasteiger partial charge in [-0.15, -0.1) is 11.8 Å². The molecular weight excluding hydrogens is 258 g/mol. The van der Waals surface area contributed by atoms with Crippen LogP contribution in [-0.4, -0.2) is 26.0 Å². The van der Waals surface area contributed by atoms with Crippen LogP contribution in [-0.2, 0) is 6.42 Å². The molecule has 4 heteroatoms. The van der Waals surface area contributed by atoms with Gasteiger partial charge in [0.1, 0.15) is 11.5 Å². The molecule has 2 N–H and O–H groups in total. The first-order chi connectivity index (χ1) is 9.28. The minimum Gasteiger partial charge on any atom is -0.496 e. The van der Waals surface area contributed by atoms with Crippen molar-refractivity contribution in [3.8, 4) is 11.5 Å². The van der Waals surface area contributed by atoms with Crippen LogP contribution in [0.5, 0.6) is 11.5 Å². The molecule has 0 amide bonds. The Morgan fingerprint density at radius 3 is 2.42 bits per heavy atom. The summed E-state index contributed by atoms with van der Waals surface area (Å²) in [5.41, 5.74) is 6.77. The van der Waals surface area contributed by atoms with E-state index < -0.39 is 0 Å². The van der Waals surface area contributed by atoms with Crippen LogP contribution in [0.4, 0.5) is 0 Å². The third kappa shape index (κ3) is 3.57. The SMILES string of the molecule is COc1cc(SC2CCCC2)c(OC)cc1CCN. The maximum Gasteiger partial charge on any atom is 0.132 e. The summed E-state index contributed by atoms with van der Waals surface area (Å²) >= 11 is 1.92. The number of nitrogens with two attached hydrogens (primary N) is 1. The Bertz CT molecular complexity index is 417. The fraction of sp³-hybridized carbons (Fsp3) is 0.600. The van der Waals surface area contributed by atoms with Gasteiger partial charge in [-0.3, -0.25) is 0 Å². The van der Waals surface area contributed by atoms with Gasteiger partial charge in [0.2, 0.25) is 0 Å². The Kier molecular flexibility index (Phi) is 5.40. The highest BCUT2D eigenvalue weighted by Crippen LogP contribution is 2.41. The third-order valence-corrected chi connectivity index (χ3v) is 4.95. The highest BCUT2D eigenvalue weighted by Gasteiger charge is 2.19. The Balaban J connectivity index is 2.24. The molecule has 19 heavy (non-hydrogen) atoms. The molecule has 1 aliphatic rings. The predicted molar refractivity (Wildman–Crippen MR) is 80.4 cm³/mol. The first-order valence-electron chi connectivity index (χ1n) is 6.90. The number of ether oxygens (including phenoxy) is 2. The van der Waals surface area contributed by atoms with Crippen LogP contribution < -0.4 is 15.2 Å². The predicted octanol–water partition coefficient (Wildman–Crippen LogP) is 3.24. The topological polar surface area (TPSA) is 44.5 Å². The van der Waals surface area contributed by atoms with E-state index in [2.05, 4.69) is 12.1 Å². The second-order valence-corrected chi connectivity index (χ2v) is 6.22. The summed E-state index contributed by atoms with van der Waals surface area (Å²) < 4.78 is 11.0. The van der Waals surface area contributed by atoms with Gasteiger partial charge < -0.3 is 15.2 Å². The molecule has 0 unspecified atom stereocenters. The number of methoxy groups -OCH3 is 2. The van der Waals surface area contributed by atoms with Crippen molar-refractivity contribution in [2.45, 2.75) is 42.2 Å². The van der Waals surface area contributed by atoms with Gasteiger partial charge in [-0.05, 0) is 43.5 Å². The molecule has 0 bridgehead atoms. The first kappa shape index (κ1) is 14.5. The number of thioether (sulfide) groups is 1. The lowest BCUT2D eigenvalue weighted by molar-refractivity contribution is 0.390. The molecule has 106 valence electrons. The zero-order chi connectivity index (χ0) is 13.7. The van der Waals surface area contributed by atoms with Crippen molar-refractivity contribution >= 4 is 11.8 Å². The molecule has 0 atom stereocenters. The normalized spacial score (nSPS) is 15.7. The summed E-state index contributed by atoms with van der Waals surface area (Å²) in [5.74, 6) is 1.87. The summed E-state index contributed by atoms with van der Waals surface area (Å²) in [7, 11) is 3.44. The highest BCUT2D eigenvalue weighted by molar-refractivity contribution is 8.00. The summed E-state index contributed by atoms with van der Waals surface area (Å²) in [4.78, 5) is 1.19. The average Bonchev–Trinajstić information content (AvgIpc) is 2.93. The summed E-state index contributed by atoms with van der Waals surface area (Å²) in [6.07, 6.45) is 6.13. The second-order valence-electron chi connectivity index (χ2n) is 4.88. The lowest BCUT2D eigenvalue weighted by Gasteiger charge is -2.16. The van der Waals surface area contributed by atoms with Gasteiger partial charge in [0.15, 0.2) is 0 Å². The molecule has 1 aliphatic carbocycles. The van der Waals surface area contributed by atoms with Crippen molar-refractivity contribution in [2.24, 2.45) is 5.73 Å².